The van der Waals surface area contributed by atoms with Gasteiger partial charge in [-0.1, -0.05) is 92.5 Å². The Hall–Kier alpha value is -7.35. The van der Waals surface area contributed by atoms with Gasteiger partial charge in [-0.2, -0.15) is 10.2 Å². The zero-order valence-corrected chi connectivity index (χ0v) is 34.2. The molecule has 60 heavy (non-hydrogen) atoms. The monoisotopic (exact) mass is 914 g/mol. The predicted molar refractivity (Wildman–Crippen MR) is 239 cm³/mol. The number of hydrogen-bond donors (Lipinski definition) is 4. The molecule has 0 saturated heterocycles. The first-order valence-corrected chi connectivity index (χ1v) is 20.0. The van der Waals surface area contributed by atoms with E-state index < -0.39 is 11.8 Å². The number of benzene rings is 8. The van der Waals surface area contributed by atoms with Crippen LogP contribution in [-0.2, 0) is 0 Å². The summed E-state index contributed by atoms with van der Waals surface area (Å²) in [5, 5.41) is 48.5. The lowest BCUT2D eigenvalue weighted by atomic mass is 10.0. The van der Waals surface area contributed by atoms with Crippen molar-refractivity contribution in [2.24, 2.45) is 20.5 Å². The Morgan fingerprint density at radius 2 is 0.867 bits per heavy atom. The molecule has 0 unspecified atom stereocenters. The van der Waals surface area contributed by atoms with Gasteiger partial charge in [-0.15, -0.1) is 10.2 Å². The number of phenols is 2. The Balaban J connectivity index is 0.989. The van der Waals surface area contributed by atoms with Crippen LogP contribution >= 0.6 is 31.9 Å². The Morgan fingerprint density at radius 3 is 1.28 bits per heavy atom. The van der Waals surface area contributed by atoms with E-state index >= 15 is 0 Å². The number of rotatable bonds is 8. The zero-order valence-electron chi connectivity index (χ0n) is 31.0. The van der Waals surface area contributed by atoms with E-state index in [4.69, 9.17) is 0 Å². The van der Waals surface area contributed by atoms with Gasteiger partial charge in [0.2, 0.25) is 0 Å². The first-order chi connectivity index (χ1) is 29.1. The van der Waals surface area contributed by atoms with Crippen molar-refractivity contribution in [3.8, 4) is 22.6 Å². The number of aromatic hydroxyl groups is 2. The van der Waals surface area contributed by atoms with E-state index in [0.29, 0.717) is 66.5 Å². The number of anilines is 2. The molecule has 11 nitrogen and oxygen atoms in total. The average Bonchev–Trinajstić information content (AvgIpc) is 3.53. The van der Waals surface area contributed by atoms with Gasteiger partial charge in [-0.25, -0.2) is 0 Å². The van der Waals surface area contributed by atoms with E-state index in [1.807, 2.05) is 24.3 Å². The fourth-order valence-corrected chi connectivity index (χ4v) is 7.57. The molecule has 1 aliphatic rings. The van der Waals surface area contributed by atoms with Gasteiger partial charge in [0.25, 0.3) is 11.8 Å². The highest BCUT2D eigenvalue weighted by atomic mass is 79.9. The maximum atomic E-state index is 13.9. The first-order valence-electron chi connectivity index (χ1n) is 18.4. The predicted octanol–water partition coefficient (Wildman–Crippen LogP) is 13.5. The van der Waals surface area contributed by atoms with Crippen LogP contribution in [0.5, 0.6) is 11.5 Å². The standard InChI is InChI=1S/C47H28Br2N6O5/c48-27-9-13-29(14-10-27)50-46(59)39-21-25-5-1-3-7-33(25)41(44(39)57)54-52-31-17-19-35-36-20-18-32(24-38(36)43(56)37(35)23-31)53-55-42-34-8-4-2-6-26(34)22-40(45(42)58)47(60)51-30-15-11-28(49)12-16-30/h1-24,57-58H,(H,50,59)(H,51,60)/b54-52+,55-53+. The third-order valence-electron chi connectivity index (χ3n) is 10.0. The summed E-state index contributed by atoms with van der Waals surface area (Å²) in [4.78, 5) is 40.5. The highest BCUT2D eigenvalue weighted by Gasteiger charge is 2.28. The van der Waals surface area contributed by atoms with Crippen molar-refractivity contribution in [1.82, 2.24) is 0 Å². The third-order valence-corrected chi connectivity index (χ3v) is 11.1. The van der Waals surface area contributed by atoms with Crippen LogP contribution in [0.15, 0.2) is 175 Å². The largest absolute Gasteiger partial charge is 0.505 e. The molecule has 8 aromatic carbocycles. The average molecular weight is 917 g/mol. The van der Waals surface area contributed by atoms with Crippen LogP contribution in [0.25, 0.3) is 32.7 Å². The molecule has 4 N–H and O–H groups in total. The molecule has 8 aromatic rings. The molecule has 0 spiro atoms. The fourth-order valence-electron chi connectivity index (χ4n) is 7.04. The SMILES string of the molecule is O=C1c2cc(/N=N/c3c(O)c(C(=O)Nc4ccc(Br)cc4)cc4ccccc34)ccc2-c2ccc(/N=N/c3c(O)c(C(=O)Nc4ccc(Br)cc4)cc4ccccc34)cc21. The Labute approximate surface area is 358 Å². The van der Waals surface area contributed by atoms with Crippen molar-refractivity contribution >= 4 is 105 Å². The van der Waals surface area contributed by atoms with Crippen molar-refractivity contribution in [3.63, 3.8) is 0 Å². The zero-order chi connectivity index (χ0) is 41.5. The molecule has 2 amide bonds. The van der Waals surface area contributed by atoms with Crippen LogP contribution in [0.4, 0.5) is 34.1 Å². The summed E-state index contributed by atoms with van der Waals surface area (Å²) in [7, 11) is 0. The minimum Gasteiger partial charge on any atom is -0.505 e. The number of carbonyl (C=O) groups is 3. The summed E-state index contributed by atoms with van der Waals surface area (Å²) in [6.45, 7) is 0. The number of nitrogens with one attached hydrogen (secondary N) is 2. The van der Waals surface area contributed by atoms with Crippen molar-refractivity contribution in [3.05, 3.63) is 177 Å². The minimum atomic E-state index is -0.518. The van der Waals surface area contributed by atoms with E-state index in [0.717, 1.165) is 8.95 Å². The second kappa shape index (κ2) is 15.8. The number of carbonyl (C=O) groups excluding carboxylic acids is 3. The van der Waals surface area contributed by atoms with Crippen molar-refractivity contribution in [2.45, 2.75) is 0 Å². The lowest BCUT2D eigenvalue weighted by Gasteiger charge is -2.11. The third kappa shape index (κ3) is 7.31. The van der Waals surface area contributed by atoms with Gasteiger partial charge in [0.1, 0.15) is 11.4 Å². The maximum Gasteiger partial charge on any atom is 0.259 e. The molecule has 0 saturated carbocycles. The summed E-state index contributed by atoms with van der Waals surface area (Å²) < 4.78 is 1.72. The number of fused-ring (bicyclic) bond motifs is 5. The number of amides is 2. The summed E-state index contributed by atoms with van der Waals surface area (Å²) >= 11 is 6.77. The molecule has 290 valence electrons. The van der Waals surface area contributed by atoms with Gasteiger partial charge in [0.15, 0.2) is 17.3 Å². The van der Waals surface area contributed by atoms with Crippen LogP contribution in [0.1, 0.15) is 36.6 Å². The van der Waals surface area contributed by atoms with E-state index in [9.17, 15) is 24.6 Å². The molecule has 0 bridgehead atoms. The minimum absolute atomic E-state index is 0.0245. The number of phenolic OH excluding ortho intramolecular Hbond substituents is 2. The lowest BCUT2D eigenvalue weighted by molar-refractivity contribution is 0.101. The van der Waals surface area contributed by atoms with E-state index in [2.05, 4.69) is 63.0 Å². The molecule has 0 aromatic heterocycles. The maximum absolute atomic E-state index is 13.9. The van der Waals surface area contributed by atoms with Crippen LogP contribution in [0, 0.1) is 0 Å². The Morgan fingerprint density at radius 1 is 0.467 bits per heavy atom. The Bertz CT molecular complexity index is 2940. The van der Waals surface area contributed by atoms with E-state index in [1.165, 1.54) is 0 Å². The number of nitrogens with zero attached hydrogens (tertiary/aromatic N) is 4. The molecular weight excluding hydrogens is 888 g/mol. The molecule has 0 fully saturated rings. The van der Waals surface area contributed by atoms with Crippen LogP contribution in [0.3, 0.4) is 0 Å². The second-order valence-corrected chi connectivity index (χ2v) is 15.6. The number of ketones is 1. The normalized spacial score (nSPS) is 12.0. The quantitative estimate of drug-likeness (QED) is 0.111. The number of halogens is 2. The highest BCUT2D eigenvalue weighted by molar-refractivity contribution is 9.10. The number of hydrogen-bond acceptors (Lipinski definition) is 9. The van der Waals surface area contributed by atoms with E-state index in [-0.39, 0.29) is 39.8 Å². The van der Waals surface area contributed by atoms with Crippen LogP contribution in [0.2, 0.25) is 0 Å². The summed E-state index contributed by atoms with van der Waals surface area (Å²) in [5.41, 5.74) is 4.28. The highest BCUT2D eigenvalue weighted by Crippen LogP contribution is 2.44. The van der Waals surface area contributed by atoms with Gasteiger partial charge < -0.3 is 20.8 Å². The molecule has 13 heteroatoms. The van der Waals surface area contributed by atoms with Crippen LogP contribution < -0.4 is 10.6 Å². The Kier molecular flexibility index (Phi) is 10.0. The molecule has 0 atom stereocenters. The lowest BCUT2D eigenvalue weighted by Crippen LogP contribution is -2.12. The molecule has 0 heterocycles. The van der Waals surface area contributed by atoms with Gasteiger partial charge in [-0.3, -0.25) is 14.4 Å². The summed E-state index contributed by atoms with van der Waals surface area (Å²) in [5.74, 6) is -1.97. The van der Waals surface area contributed by atoms with Crippen LogP contribution in [-0.4, -0.2) is 27.8 Å². The molecule has 0 radical (unpaired) electrons. The molecule has 0 aliphatic heterocycles. The van der Waals surface area contributed by atoms with Gasteiger partial charge in [0.05, 0.1) is 22.5 Å². The second-order valence-electron chi connectivity index (χ2n) is 13.8. The van der Waals surface area contributed by atoms with Crippen molar-refractivity contribution in [2.75, 3.05) is 10.6 Å². The van der Waals surface area contributed by atoms with Gasteiger partial charge in [0, 0.05) is 42.2 Å². The van der Waals surface area contributed by atoms with E-state index in [1.54, 1.807) is 121 Å². The number of azo groups is 2. The molecule has 9 rings (SSSR count). The first kappa shape index (κ1) is 38.2. The van der Waals surface area contributed by atoms with Crippen molar-refractivity contribution < 1.29 is 24.6 Å². The molecule has 1 aliphatic carbocycles. The van der Waals surface area contributed by atoms with Gasteiger partial charge in [-0.05, 0) is 107 Å². The summed E-state index contributed by atoms with van der Waals surface area (Å²) in [6, 6.07) is 42.0. The molecular formula is C47H28Br2N6O5. The van der Waals surface area contributed by atoms with Crippen molar-refractivity contribution in [1.29, 1.82) is 0 Å². The summed E-state index contributed by atoms with van der Waals surface area (Å²) in [6.07, 6.45) is 0. The topological polar surface area (TPSA) is 165 Å². The smallest absolute Gasteiger partial charge is 0.259 e. The van der Waals surface area contributed by atoms with Gasteiger partial charge >= 0.3 is 0 Å². The fraction of sp³-hybridized carbons (Fsp3) is 0.